The van der Waals surface area contributed by atoms with Crippen LogP contribution in [0.5, 0.6) is 5.75 Å². The Morgan fingerprint density at radius 3 is 2.58 bits per heavy atom. The van der Waals surface area contributed by atoms with Gasteiger partial charge in [-0.2, -0.15) is 0 Å². The van der Waals surface area contributed by atoms with Gasteiger partial charge in [0.05, 0.1) is 6.26 Å². The zero-order valence-electron chi connectivity index (χ0n) is 14.0. The first-order valence-corrected chi connectivity index (χ1v) is 8.10. The van der Waals surface area contributed by atoms with Crippen LogP contribution in [-0.2, 0) is 12.8 Å². The number of nitrogens with zero attached hydrogens (tertiary/aromatic N) is 1. The summed E-state index contributed by atoms with van der Waals surface area (Å²) in [6.45, 7) is 4.44. The summed E-state index contributed by atoms with van der Waals surface area (Å²) in [6, 6.07) is 11.2. The Morgan fingerprint density at radius 1 is 1.12 bits per heavy atom. The van der Waals surface area contributed by atoms with Crippen LogP contribution in [0.15, 0.2) is 52.1 Å². The molecule has 0 saturated heterocycles. The fourth-order valence-corrected chi connectivity index (χ4v) is 2.24. The summed E-state index contributed by atoms with van der Waals surface area (Å²) in [4.78, 5) is 4.58. The standard InChI is InChI=1S/C18H25N3O2.HI/c1-2-19-18(21-13-11-17-6-4-14-23-17)20-12-3-5-15-7-9-16(22)10-8-15;/h4,6-10,14,22H,2-3,5,11-13H2,1H3,(H2,19,20,21);1H. The summed E-state index contributed by atoms with van der Waals surface area (Å²) in [6.07, 6.45) is 4.46. The maximum absolute atomic E-state index is 9.27. The van der Waals surface area contributed by atoms with Crippen molar-refractivity contribution in [1.29, 1.82) is 0 Å². The third-order valence-corrected chi connectivity index (χ3v) is 3.42. The lowest BCUT2D eigenvalue weighted by molar-refractivity contribution is 0.475. The molecule has 2 aromatic rings. The van der Waals surface area contributed by atoms with E-state index in [0.29, 0.717) is 5.75 Å². The molecule has 5 nitrogen and oxygen atoms in total. The van der Waals surface area contributed by atoms with Gasteiger partial charge in [-0.25, -0.2) is 0 Å². The molecule has 2 rings (SSSR count). The van der Waals surface area contributed by atoms with Gasteiger partial charge in [-0.15, -0.1) is 24.0 Å². The maximum Gasteiger partial charge on any atom is 0.191 e. The van der Waals surface area contributed by atoms with Crippen LogP contribution in [0, 0.1) is 0 Å². The topological polar surface area (TPSA) is 69.8 Å². The zero-order valence-corrected chi connectivity index (χ0v) is 16.3. The number of hydrogen-bond acceptors (Lipinski definition) is 3. The minimum Gasteiger partial charge on any atom is -0.508 e. The molecular weight excluding hydrogens is 417 g/mol. The van der Waals surface area contributed by atoms with E-state index in [0.717, 1.165) is 50.6 Å². The number of phenolic OH excluding ortho intramolecular Hbond substituents is 1. The predicted molar refractivity (Wildman–Crippen MR) is 108 cm³/mol. The van der Waals surface area contributed by atoms with E-state index in [1.165, 1.54) is 5.56 Å². The normalized spacial score (nSPS) is 11.0. The van der Waals surface area contributed by atoms with Gasteiger partial charge >= 0.3 is 0 Å². The molecule has 0 fully saturated rings. The van der Waals surface area contributed by atoms with Gasteiger partial charge in [-0.3, -0.25) is 4.99 Å². The highest BCUT2D eigenvalue weighted by Gasteiger charge is 1.99. The van der Waals surface area contributed by atoms with Crippen molar-refractivity contribution in [2.45, 2.75) is 26.2 Å². The van der Waals surface area contributed by atoms with Crippen LogP contribution in [-0.4, -0.2) is 30.7 Å². The van der Waals surface area contributed by atoms with Crippen LogP contribution in [0.3, 0.4) is 0 Å². The predicted octanol–water partition coefficient (Wildman–Crippen LogP) is 3.33. The zero-order chi connectivity index (χ0) is 16.3. The molecule has 0 aliphatic rings. The first-order valence-electron chi connectivity index (χ1n) is 8.10. The van der Waals surface area contributed by atoms with Gasteiger partial charge in [0.15, 0.2) is 5.96 Å². The van der Waals surface area contributed by atoms with Crippen molar-refractivity contribution in [2.75, 3.05) is 19.6 Å². The summed E-state index contributed by atoms with van der Waals surface area (Å²) in [5, 5.41) is 15.8. The Balaban J connectivity index is 0.00000288. The minimum absolute atomic E-state index is 0. The number of aryl methyl sites for hydroxylation is 1. The number of nitrogens with one attached hydrogen (secondary N) is 2. The molecule has 6 heteroatoms. The second kappa shape index (κ2) is 11.8. The number of halogens is 1. The fraction of sp³-hybridized carbons (Fsp3) is 0.389. The molecular formula is C18H26IN3O2. The summed E-state index contributed by atoms with van der Waals surface area (Å²) in [5.41, 5.74) is 1.22. The molecule has 1 aromatic carbocycles. The molecule has 0 aliphatic carbocycles. The van der Waals surface area contributed by atoms with E-state index >= 15 is 0 Å². The van der Waals surface area contributed by atoms with E-state index in [9.17, 15) is 5.11 Å². The molecule has 24 heavy (non-hydrogen) atoms. The number of benzene rings is 1. The summed E-state index contributed by atoms with van der Waals surface area (Å²) >= 11 is 0. The third-order valence-electron chi connectivity index (χ3n) is 3.42. The third kappa shape index (κ3) is 7.72. The highest BCUT2D eigenvalue weighted by molar-refractivity contribution is 14.0. The lowest BCUT2D eigenvalue weighted by Gasteiger charge is -2.10. The average molecular weight is 443 g/mol. The molecule has 0 unspecified atom stereocenters. The molecule has 0 atom stereocenters. The first-order chi connectivity index (χ1) is 11.3. The molecule has 1 aromatic heterocycles. The molecule has 3 N–H and O–H groups in total. The van der Waals surface area contributed by atoms with Gasteiger partial charge in [0.2, 0.25) is 0 Å². The Morgan fingerprint density at radius 2 is 1.92 bits per heavy atom. The number of hydrogen-bond donors (Lipinski definition) is 3. The van der Waals surface area contributed by atoms with E-state index in [-0.39, 0.29) is 24.0 Å². The van der Waals surface area contributed by atoms with Gasteiger partial charge in [0.1, 0.15) is 11.5 Å². The van der Waals surface area contributed by atoms with Crippen molar-refractivity contribution in [2.24, 2.45) is 4.99 Å². The number of furan rings is 1. The highest BCUT2D eigenvalue weighted by Crippen LogP contribution is 2.11. The van der Waals surface area contributed by atoms with E-state index in [4.69, 9.17) is 4.42 Å². The van der Waals surface area contributed by atoms with Crippen LogP contribution in [0.25, 0.3) is 0 Å². The van der Waals surface area contributed by atoms with E-state index in [1.54, 1.807) is 18.4 Å². The van der Waals surface area contributed by atoms with Crippen LogP contribution in [0.1, 0.15) is 24.7 Å². The van der Waals surface area contributed by atoms with Gasteiger partial charge < -0.3 is 20.2 Å². The Bertz CT molecular complexity index is 583. The molecule has 0 aliphatic heterocycles. The molecule has 0 bridgehead atoms. The van der Waals surface area contributed by atoms with Gasteiger partial charge in [-0.05, 0) is 49.6 Å². The van der Waals surface area contributed by atoms with Crippen molar-refractivity contribution in [3.8, 4) is 5.75 Å². The first kappa shape index (κ1) is 20.3. The second-order valence-corrected chi connectivity index (χ2v) is 5.29. The van der Waals surface area contributed by atoms with Crippen LogP contribution in [0.4, 0.5) is 0 Å². The number of aliphatic imine (C=N–C) groups is 1. The molecule has 1 heterocycles. The molecule has 132 valence electrons. The van der Waals surface area contributed by atoms with E-state index in [2.05, 4.69) is 22.5 Å². The van der Waals surface area contributed by atoms with Gasteiger partial charge in [-0.1, -0.05) is 12.1 Å². The smallest absolute Gasteiger partial charge is 0.191 e. The highest BCUT2D eigenvalue weighted by atomic mass is 127. The van der Waals surface area contributed by atoms with Crippen LogP contribution in [0.2, 0.25) is 0 Å². The largest absolute Gasteiger partial charge is 0.508 e. The lowest BCUT2D eigenvalue weighted by Crippen LogP contribution is -2.38. The molecule has 0 spiro atoms. The van der Waals surface area contributed by atoms with Gasteiger partial charge in [0, 0.05) is 26.1 Å². The second-order valence-electron chi connectivity index (χ2n) is 5.29. The van der Waals surface area contributed by atoms with Crippen molar-refractivity contribution in [3.63, 3.8) is 0 Å². The molecule has 0 amide bonds. The minimum atomic E-state index is 0. The lowest BCUT2D eigenvalue weighted by atomic mass is 10.1. The van der Waals surface area contributed by atoms with Crippen molar-refractivity contribution in [3.05, 3.63) is 54.0 Å². The number of rotatable bonds is 8. The molecule has 0 saturated carbocycles. The van der Waals surface area contributed by atoms with Crippen molar-refractivity contribution in [1.82, 2.24) is 10.6 Å². The van der Waals surface area contributed by atoms with Crippen LogP contribution >= 0.6 is 24.0 Å². The Labute approximate surface area is 160 Å². The van der Waals surface area contributed by atoms with Crippen LogP contribution < -0.4 is 10.6 Å². The average Bonchev–Trinajstić information content (AvgIpc) is 3.06. The van der Waals surface area contributed by atoms with Crippen molar-refractivity contribution < 1.29 is 9.52 Å². The number of guanidine groups is 1. The Hall–Kier alpha value is -1.70. The quantitative estimate of drug-likeness (QED) is 0.253. The summed E-state index contributed by atoms with van der Waals surface area (Å²) < 4.78 is 5.31. The summed E-state index contributed by atoms with van der Waals surface area (Å²) in [7, 11) is 0. The number of phenols is 1. The molecule has 0 radical (unpaired) electrons. The Kier molecular flexibility index (Phi) is 9.98. The van der Waals surface area contributed by atoms with Gasteiger partial charge in [0.25, 0.3) is 0 Å². The van der Waals surface area contributed by atoms with E-state index in [1.807, 2.05) is 24.3 Å². The fourth-order valence-electron chi connectivity index (χ4n) is 2.24. The van der Waals surface area contributed by atoms with Crippen molar-refractivity contribution >= 4 is 29.9 Å². The number of aromatic hydroxyl groups is 1. The summed E-state index contributed by atoms with van der Waals surface area (Å²) in [5.74, 6) is 2.12. The SMILES string of the molecule is CCNC(=NCCCc1ccc(O)cc1)NCCc1ccco1.I. The van der Waals surface area contributed by atoms with E-state index < -0.39 is 0 Å². The maximum atomic E-state index is 9.27. The monoisotopic (exact) mass is 443 g/mol.